The van der Waals surface area contributed by atoms with Crippen LogP contribution in [0.25, 0.3) is 0 Å². The highest BCUT2D eigenvalue weighted by atomic mass is 32.2. The highest BCUT2D eigenvalue weighted by molar-refractivity contribution is 7.99. The van der Waals surface area contributed by atoms with Gasteiger partial charge in [-0.05, 0) is 31.1 Å². The summed E-state index contributed by atoms with van der Waals surface area (Å²) in [5.41, 5.74) is 0. The number of hydrogen-bond donors (Lipinski definition) is 0. The van der Waals surface area contributed by atoms with Gasteiger partial charge in [-0.2, -0.15) is 11.8 Å². The molecule has 0 aromatic rings. The molecule has 2 unspecified atom stereocenters. The van der Waals surface area contributed by atoms with Crippen LogP contribution in [-0.4, -0.2) is 35.5 Å². The first-order valence-corrected chi connectivity index (χ1v) is 6.37. The van der Waals surface area contributed by atoms with Gasteiger partial charge in [-0.3, -0.25) is 4.90 Å². The zero-order valence-electron chi connectivity index (χ0n) is 7.96. The fraction of sp³-hybridized carbons (Fsp3) is 1.00. The van der Waals surface area contributed by atoms with Crippen LogP contribution in [0.15, 0.2) is 0 Å². The molecule has 70 valence electrons. The van der Waals surface area contributed by atoms with Gasteiger partial charge in [0.05, 0.1) is 0 Å². The molecule has 2 heterocycles. The zero-order chi connectivity index (χ0) is 8.39. The van der Waals surface area contributed by atoms with Crippen LogP contribution in [0.1, 0.15) is 26.2 Å². The third-order valence-electron chi connectivity index (χ3n) is 3.32. The molecule has 0 aromatic carbocycles. The minimum absolute atomic E-state index is 0.937. The average Bonchev–Trinajstić information content (AvgIpc) is 2.75. The van der Waals surface area contributed by atoms with E-state index in [1.54, 1.807) is 0 Å². The number of nitrogens with zero attached hydrogens (tertiary/aromatic N) is 1. The smallest absolute Gasteiger partial charge is 0.0194 e. The summed E-state index contributed by atoms with van der Waals surface area (Å²) in [5, 5.41) is 0. The third kappa shape index (κ3) is 1.80. The van der Waals surface area contributed by atoms with Crippen molar-refractivity contribution in [2.75, 3.05) is 24.6 Å². The normalized spacial score (nSPS) is 37.8. The van der Waals surface area contributed by atoms with Gasteiger partial charge in [0.15, 0.2) is 0 Å². The summed E-state index contributed by atoms with van der Waals surface area (Å²) in [6.45, 7) is 5.10. The lowest BCUT2D eigenvalue weighted by molar-refractivity contribution is 0.253. The van der Waals surface area contributed by atoms with Crippen molar-refractivity contribution in [1.82, 2.24) is 4.90 Å². The van der Waals surface area contributed by atoms with Crippen molar-refractivity contribution >= 4 is 11.8 Å². The van der Waals surface area contributed by atoms with Crippen molar-refractivity contribution in [3.63, 3.8) is 0 Å². The Morgan fingerprint density at radius 1 is 1.42 bits per heavy atom. The highest BCUT2D eigenvalue weighted by Gasteiger charge is 2.28. The number of likely N-dealkylation sites (tertiary alicyclic amines) is 1. The van der Waals surface area contributed by atoms with Crippen LogP contribution < -0.4 is 0 Å². The van der Waals surface area contributed by atoms with Crippen LogP contribution in [0.2, 0.25) is 0 Å². The molecular formula is C10H19NS. The maximum Gasteiger partial charge on any atom is 0.0194 e. The standard InChI is InChI=1S/C10H19NS/c1-2-9-3-5-11(7-9)10-4-6-12-8-10/h9-10H,2-8H2,1H3. The SMILES string of the molecule is CCC1CCN(C2CCSC2)C1. The van der Waals surface area contributed by atoms with E-state index in [0.717, 1.165) is 12.0 Å². The van der Waals surface area contributed by atoms with Crippen LogP contribution in [0.3, 0.4) is 0 Å². The summed E-state index contributed by atoms with van der Waals surface area (Å²) in [6.07, 6.45) is 4.29. The molecule has 0 spiro atoms. The molecule has 0 aromatic heterocycles. The molecule has 0 aliphatic carbocycles. The van der Waals surface area contributed by atoms with Crippen molar-refractivity contribution in [2.45, 2.75) is 32.2 Å². The molecule has 12 heavy (non-hydrogen) atoms. The Bertz CT molecular complexity index is 143. The summed E-state index contributed by atoms with van der Waals surface area (Å²) < 4.78 is 0. The molecule has 2 aliphatic rings. The summed E-state index contributed by atoms with van der Waals surface area (Å²) in [4.78, 5) is 2.73. The van der Waals surface area contributed by atoms with E-state index in [1.165, 1.54) is 43.9 Å². The summed E-state index contributed by atoms with van der Waals surface area (Å²) >= 11 is 2.14. The molecule has 2 aliphatic heterocycles. The average molecular weight is 185 g/mol. The van der Waals surface area contributed by atoms with Gasteiger partial charge < -0.3 is 0 Å². The highest BCUT2D eigenvalue weighted by Crippen LogP contribution is 2.28. The molecule has 2 heteroatoms. The maximum absolute atomic E-state index is 2.73. The summed E-state index contributed by atoms with van der Waals surface area (Å²) in [6, 6.07) is 0.937. The van der Waals surface area contributed by atoms with Crippen LogP contribution in [-0.2, 0) is 0 Å². The van der Waals surface area contributed by atoms with Crippen LogP contribution in [0.4, 0.5) is 0 Å². The van der Waals surface area contributed by atoms with Gasteiger partial charge in [-0.15, -0.1) is 0 Å². The van der Waals surface area contributed by atoms with Gasteiger partial charge in [0, 0.05) is 18.3 Å². The van der Waals surface area contributed by atoms with Gasteiger partial charge in [0.2, 0.25) is 0 Å². The topological polar surface area (TPSA) is 3.24 Å². The van der Waals surface area contributed by atoms with Gasteiger partial charge in [-0.1, -0.05) is 13.3 Å². The molecule has 0 N–H and O–H groups in total. The van der Waals surface area contributed by atoms with E-state index >= 15 is 0 Å². The molecule has 0 saturated carbocycles. The first kappa shape index (κ1) is 8.89. The Morgan fingerprint density at radius 3 is 2.92 bits per heavy atom. The lowest BCUT2D eigenvalue weighted by Crippen LogP contribution is -2.33. The van der Waals surface area contributed by atoms with Crippen molar-refractivity contribution in [2.24, 2.45) is 5.92 Å². The Labute approximate surface area is 79.9 Å². The predicted octanol–water partition coefficient (Wildman–Crippen LogP) is 2.22. The molecule has 0 bridgehead atoms. The lowest BCUT2D eigenvalue weighted by Gasteiger charge is -2.22. The van der Waals surface area contributed by atoms with Crippen LogP contribution >= 0.6 is 11.8 Å². The van der Waals surface area contributed by atoms with Crippen LogP contribution in [0, 0.1) is 5.92 Å². The second-order valence-corrected chi connectivity index (χ2v) is 5.23. The molecule has 2 atom stereocenters. The van der Waals surface area contributed by atoms with Crippen molar-refractivity contribution in [3.8, 4) is 0 Å². The number of rotatable bonds is 2. The Balaban J connectivity index is 1.81. The van der Waals surface area contributed by atoms with E-state index in [1.807, 2.05) is 0 Å². The predicted molar refractivity (Wildman–Crippen MR) is 55.7 cm³/mol. The zero-order valence-corrected chi connectivity index (χ0v) is 8.78. The Hall–Kier alpha value is 0.310. The van der Waals surface area contributed by atoms with Crippen molar-refractivity contribution < 1.29 is 0 Å². The van der Waals surface area contributed by atoms with Gasteiger partial charge in [0.25, 0.3) is 0 Å². The Kier molecular flexibility index (Phi) is 2.97. The molecule has 1 nitrogen and oxygen atoms in total. The fourth-order valence-electron chi connectivity index (χ4n) is 2.34. The fourth-order valence-corrected chi connectivity index (χ4v) is 3.59. The van der Waals surface area contributed by atoms with E-state index in [2.05, 4.69) is 23.6 Å². The second kappa shape index (κ2) is 4.01. The quantitative estimate of drug-likeness (QED) is 0.649. The van der Waals surface area contributed by atoms with E-state index in [0.29, 0.717) is 0 Å². The monoisotopic (exact) mass is 185 g/mol. The van der Waals surface area contributed by atoms with Gasteiger partial charge >= 0.3 is 0 Å². The first-order valence-electron chi connectivity index (χ1n) is 5.22. The van der Waals surface area contributed by atoms with Gasteiger partial charge in [0.1, 0.15) is 0 Å². The third-order valence-corrected chi connectivity index (χ3v) is 4.46. The first-order chi connectivity index (χ1) is 5.90. The summed E-state index contributed by atoms with van der Waals surface area (Å²) in [5.74, 6) is 3.81. The van der Waals surface area contributed by atoms with Crippen molar-refractivity contribution in [1.29, 1.82) is 0 Å². The molecule has 2 rings (SSSR count). The van der Waals surface area contributed by atoms with Crippen molar-refractivity contribution in [3.05, 3.63) is 0 Å². The Morgan fingerprint density at radius 2 is 2.33 bits per heavy atom. The number of thioether (sulfide) groups is 1. The molecule has 0 radical (unpaired) electrons. The van der Waals surface area contributed by atoms with Gasteiger partial charge in [-0.25, -0.2) is 0 Å². The van der Waals surface area contributed by atoms with E-state index in [4.69, 9.17) is 0 Å². The molecular weight excluding hydrogens is 166 g/mol. The second-order valence-electron chi connectivity index (χ2n) is 4.08. The van der Waals surface area contributed by atoms with E-state index < -0.39 is 0 Å². The van der Waals surface area contributed by atoms with E-state index in [-0.39, 0.29) is 0 Å². The minimum atomic E-state index is 0.937. The minimum Gasteiger partial charge on any atom is -0.299 e. The van der Waals surface area contributed by atoms with E-state index in [9.17, 15) is 0 Å². The summed E-state index contributed by atoms with van der Waals surface area (Å²) in [7, 11) is 0. The maximum atomic E-state index is 2.73. The molecule has 0 amide bonds. The lowest BCUT2D eigenvalue weighted by atomic mass is 10.1. The number of hydrogen-bond acceptors (Lipinski definition) is 2. The van der Waals surface area contributed by atoms with Crippen LogP contribution in [0.5, 0.6) is 0 Å². The molecule has 2 saturated heterocycles. The molecule has 2 fully saturated rings. The largest absolute Gasteiger partial charge is 0.299 e.